The average Bonchev–Trinajstić information content (AvgIpc) is 2.32. The van der Waals surface area contributed by atoms with Crippen molar-refractivity contribution < 1.29 is 9.53 Å². The number of fused-ring (bicyclic) bond motifs is 1. The molecule has 1 heterocycles. The van der Waals surface area contributed by atoms with E-state index in [2.05, 4.69) is 4.90 Å². The lowest BCUT2D eigenvalue weighted by atomic mass is 10.2. The van der Waals surface area contributed by atoms with Crippen LogP contribution in [-0.4, -0.2) is 44.6 Å². The van der Waals surface area contributed by atoms with Crippen molar-refractivity contribution in [3.8, 4) is 5.75 Å². The monoisotopic (exact) mass is 234 g/mol. The summed E-state index contributed by atoms with van der Waals surface area (Å²) in [7, 11) is 4.07. The van der Waals surface area contributed by atoms with Gasteiger partial charge in [0.15, 0.2) is 6.61 Å². The summed E-state index contributed by atoms with van der Waals surface area (Å²) in [6, 6.07) is 7.69. The summed E-state index contributed by atoms with van der Waals surface area (Å²) in [6.45, 7) is 1.88. The molecule has 0 spiro atoms. The van der Waals surface area contributed by atoms with Crippen molar-refractivity contribution in [1.29, 1.82) is 0 Å². The van der Waals surface area contributed by atoms with Crippen molar-refractivity contribution in [3.05, 3.63) is 24.3 Å². The Bertz CT molecular complexity index is 404. The molecule has 0 N–H and O–H groups in total. The highest BCUT2D eigenvalue weighted by atomic mass is 16.5. The van der Waals surface area contributed by atoms with Gasteiger partial charge in [0.05, 0.1) is 5.69 Å². The molecule has 17 heavy (non-hydrogen) atoms. The molecule has 0 aliphatic carbocycles. The Morgan fingerprint density at radius 2 is 2.12 bits per heavy atom. The third-order valence-electron chi connectivity index (χ3n) is 2.80. The summed E-state index contributed by atoms with van der Waals surface area (Å²) in [5.41, 5.74) is 0.891. The maximum atomic E-state index is 11.8. The second-order valence-electron chi connectivity index (χ2n) is 4.46. The summed E-state index contributed by atoms with van der Waals surface area (Å²) < 4.78 is 5.39. The highest BCUT2D eigenvalue weighted by Crippen LogP contribution is 2.31. The number of rotatable bonds is 4. The molecule has 0 bridgehead atoms. The van der Waals surface area contributed by atoms with Gasteiger partial charge in [0, 0.05) is 6.54 Å². The van der Waals surface area contributed by atoms with Gasteiger partial charge in [0.2, 0.25) is 0 Å². The van der Waals surface area contributed by atoms with E-state index >= 15 is 0 Å². The van der Waals surface area contributed by atoms with E-state index in [9.17, 15) is 4.79 Å². The molecule has 2 rings (SSSR count). The number of nitrogens with zero attached hydrogens (tertiary/aromatic N) is 2. The van der Waals surface area contributed by atoms with Gasteiger partial charge in [-0.1, -0.05) is 12.1 Å². The Balaban J connectivity index is 2.07. The van der Waals surface area contributed by atoms with Crippen LogP contribution in [0.15, 0.2) is 24.3 Å². The van der Waals surface area contributed by atoms with Gasteiger partial charge < -0.3 is 14.5 Å². The SMILES string of the molecule is CN(C)CCCN1C(=O)COc2ccccc21. The summed E-state index contributed by atoms with van der Waals surface area (Å²) in [5.74, 6) is 0.847. The predicted molar refractivity (Wildman–Crippen MR) is 67.5 cm³/mol. The molecule has 0 unspecified atom stereocenters. The van der Waals surface area contributed by atoms with Crippen molar-refractivity contribution >= 4 is 11.6 Å². The first-order valence-corrected chi connectivity index (χ1v) is 5.85. The van der Waals surface area contributed by atoms with Gasteiger partial charge in [0.1, 0.15) is 5.75 Å². The number of amides is 1. The van der Waals surface area contributed by atoms with Crippen molar-refractivity contribution in [3.63, 3.8) is 0 Å². The van der Waals surface area contributed by atoms with Crippen molar-refractivity contribution in [1.82, 2.24) is 4.90 Å². The molecular weight excluding hydrogens is 216 g/mol. The minimum atomic E-state index is 0.0439. The van der Waals surface area contributed by atoms with Crippen LogP contribution in [0.3, 0.4) is 0 Å². The largest absolute Gasteiger partial charge is 0.482 e. The molecule has 92 valence electrons. The molecule has 0 saturated carbocycles. The molecule has 1 aliphatic heterocycles. The summed E-state index contributed by atoms with van der Waals surface area (Å²) in [5, 5.41) is 0. The number of para-hydroxylation sites is 2. The lowest BCUT2D eigenvalue weighted by molar-refractivity contribution is -0.121. The minimum Gasteiger partial charge on any atom is -0.482 e. The Morgan fingerprint density at radius 1 is 1.35 bits per heavy atom. The van der Waals surface area contributed by atoms with E-state index in [0.717, 1.165) is 30.9 Å². The Kier molecular flexibility index (Phi) is 3.64. The van der Waals surface area contributed by atoms with E-state index in [0.29, 0.717) is 0 Å². The molecule has 0 aromatic heterocycles. The lowest BCUT2D eigenvalue weighted by Gasteiger charge is -2.29. The first-order valence-electron chi connectivity index (χ1n) is 5.85. The zero-order valence-electron chi connectivity index (χ0n) is 10.3. The molecule has 0 radical (unpaired) electrons. The Morgan fingerprint density at radius 3 is 2.88 bits per heavy atom. The van der Waals surface area contributed by atoms with Crippen LogP contribution in [0.25, 0.3) is 0 Å². The number of anilines is 1. The van der Waals surface area contributed by atoms with Gasteiger partial charge in [-0.05, 0) is 39.2 Å². The molecule has 1 aromatic carbocycles. The van der Waals surface area contributed by atoms with E-state index in [1.807, 2.05) is 43.3 Å². The van der Waals surface area contributed by atoms with E-state index < -0.39 is 0 Å². The van der Waals surface area contributed by atoms with E-state index in [-0.39, 0.29) is 12.5 Å². The molecule has 0 fully saturated rings. The van der Waals surface area contributed by atoms with Gasteiger partial charge in [0.25, 0.3) is 5.91 Å². The van der Waals surface area contributed by atoms with Crippen LogP contribution >= 0.6 is 0 Å². The summed E-state index contributed by atoms with van der Waals surface area (Å²) in [4.78, 5) is 15.8. The topological polar surface area (TPSA) is 32.8 Å². The van der Waals surface area contributed by atoms with Gasteiger partial charge >= 0.3 is 0 Å². The van der Waals surface area contributed by atoms with E-state index in [1.54, 1.807) is 0 Å². The number of carbonyl (C=O) groups excluding carboxylic acids is 1. The lowest BCUT2D eigenvalue weighted by Crippen LogP contribution is -2.40. The first kappa shape index (κ1) is 11.9. The highest BCUT2D eigenvalue weighted by molar-refractivity contribution is 5.97. The maximum absolute atomic E-state index is 11.8. The number of hydrogen-bond donors (Lipinski definition) is 0. The maximum Gasteiger partial charge on any atom is 0.265 e. The quantitative estimate of drug-likeness (QED) is 0.788. The minimum absolute atomic E-state index is 0.0439. The average molecular weight is 234 g/mol. The second-order valence-corrected chi connectivity index (χ2v) is 4.46. The number of benzene rings is 1. The molecule has 4 heteroatoms. The van der Waals surface area contributed by atoms with Crippen LogP contribution in [0, 0.1) is 0 Å². The third kappa shape index (κ3) is 2.77. The van der Waals surface area contributed by atoms with E-state index in [1.165, 1.54) is 0 Å². The van der Waals surface area contributed by atoms with Crippen molar-refractivity contribution in [2.75, 3.05) is 38.7 Å². The highest BCUT2D eigenvalue weighted by Gasteiger charge is 2.24. The number of ether oxygens (including phenoxy) is 1. The molecule has 1 amide bonds. The molecule has 0 atom stereocenters. The van der Waals surface area contributed by atoms with Gasteiger partial charge in [-0.2, -0.15) is 0 Å². The van der Waals surface area contributed by atoms with Crippen molar-refractivity contribution in [2.24, 2.45) is 0 Å². The fourth-order valence-electron chi connectivity index (χ4n) is 1.94. The van der Waals surface area contributed by atoms with Crippen LogP contribution in [0.4, 0.5) is 5.69 Å². The molecule has 1 aliphatic rings. The van der Waals surface area contributed by atoms with Crippen LogP contribution in [0.5, 0.6) is 5.75 Å². The van der Waals surface area contributed by atoms with Crippen molar-refractivity contribution in [2.45, 2.75) is 6.42 Å². The van der Waals surface area contributed by atoms with Gasteiger partial charge in [-0.15, -0.1) is 0 Å². The van der Waals surface area contributed by atoms with Gasteiger partial charge in [-0.3, -0.25) is 4.79 Å². The second kappa shape index (κ2) is 5.19. The number of carbonyl (C=O) groups is 1. The number of hydrogen-bond acceptors (Lipinski definition) is 3. The third-order valence-corrected chi connectivity index (χ3v) is 2.80. The fourth-order valence-corrected chi connectivity index (χ4v) is 1.94. The predicted octanol–water partition coefficient (Wildman–Crippen LogP) is 1.36. The summed E-state index contributed by atoms with van der Waals surface area (Å²) >= 11 is 0. The fraction of sp³-hybridized carbons (Fsp3) is 0.462. The normalized spacial score (nSPS) is 14.8. The standard InChI is InChI=1S/C13H18N2O2/c1-14(2)8-5-9-15-11-6-3-4-7-12(11)17-10-13(15)16/h3-4,6-7H,5,8-10H2,1-2H3. The molecule has 0 saturated heterocycles. The molecule has 1 aromatic rings. The zero-order chi connectivity index (χ0) is 12.3. The molecule has 4 nitrogen and oxygen atoms in total. The molecular formula is C13H18N2O2. The van der Waals surface area contributed by atoms with Crippen LogP contribution in [0.2, 0.25) is 0 Å². The van der Waals surface area contributed by atoms with Crippen LogP contribution in [0.1, 0.15) is 6.42 Å². The Hall–Kier alpha value is -1.55. The van der Waals surface area contributed by atoms with Crippen LogP contribution < -0.4 is 9.64 Å². The Labute approximate surface area is 102 Å². The van der Waals surface area contributed by atoms with Gasteiger partial charge in [-0.25, -0.2) is 0 Å². The zero-order valence-corrected chi connectivity index (χ0v) is 10.3. The van der Waals surface area contributed by atoms with E-state index in [4.69, 9.17) is 4.74 Å². The first-order chi connectivity index (χ1) is 8.18. The summed E-state index contributed by atoms with van der Waals surface area (Å²) in [6.07, 6.45) is 0.965. The smallest absolute Gasteiger partial charge is 0.265 e. The van der Waals surface area contributed by atoms with Crippen LogP contribution in [-0.2, 0) is 4.79 Å².